The van der Waals surface area contributed by atoms with Gasteiger partial charge in [0, 0.05) is 0 Å². The van der Waals surface area contributed by atoms with Crippen LogP contribution in [0.15, 0.2) is 48.5 Å². The highest BCUT2D eigenvalue weighted by Gasteiger charge is 2.10. The van der Waals surface area contributed by atoms with E-state index in [9.17, 15) is 0 Å². The van der Waals surface area contributed by atoms with Crippen LogP contribution in [0.5, 0.6) is 0 Å². The van der Waals surface area contributed by atoms with Gasteiger partial charge in [0.2, 0.25) is 0 Å². The minimum absolute atomic E-state index is 0.298. The van der Waals surface area contributed by atoms with Crippen LogP contribution in [-0.4, -0.2) is 11.5 Å². The van der Waals surface area contributed by atoms with Gasteiger partial charge in [-0.25, -0.2) is 4.98 Å². The van der Waals surface area contributed by atoms with Crippen molar-refractivity contribution in [3.8, 4) is 0 Å². The quantitative estimate of drug-likeness (QED) is 0.750. The fourth-order valence-corrected chi connectivity index (χ4v) is 3.46. The molecule has 0 saturated heterocycles. The Morgan fingerprint density at radius 2 is 2.00 bits per heavy atom. The van der Waals surface area contributed by atoms with Crippen molar-refractivity contribution in [2.24, 2.45) is 0 Å². The number of hydrogen-bond donors (Lipinski definition) is 1. The highest BCUT2D eigenvalue weighted by atomic mass is 32.1. The van der Waals surface area contributed by atoms with E-state index in [1.807, 2.05) is 6.07 Å². The van der Waals surface area contributed by atoms with Crippen LogP contribution >= 0.6 is 11.3 Å². The summed E-state index contributed by atoms with van der Waals surface area (Å²) in [5.74, 6) is 0. The van der Waals surface area contributed by atoms with Crippen molar-refractivity contribution in [3.63, 3.8) is 0 Å². The molecule has 3 heteroatoms. The van der Waals surface area contributed by atoms with E-state index < -0.39 is 0 Å². The Kier molecular flexibility index (Phi) is 4.32. The molecule has 0 spiro atoms. The Morgan fingerprint density at radius 1 is 1.14 bits per heavy atom. The van der Waals surface area contributed by atoms with Crippen molar-refractivity contribution < 1.29 is 0 Å². The van der Waals surface area contributed by atoms with Gasteiger partial charge in [0.25, 0.3) is 0 Å². The number of nitrogens with zero attached hydrogens (tertiary/aromatic N) is 1. The highest BCUT2D eigenvalue weighted by Crippen LogP contribution is 2.25. The number of fused-ring (bicyclic) bond motifs is 1. The number of nitrogens with one attached hydrogen (secondary N) is 1. The van der Waals surface area contributed by atoms with E-state index in [4.69, 9.17) is 4.98 Å². The minimum atomic E-state index is 0.298. The topological polar surface area (TPSA) is 24.9 Å². The van der Waals surface area contributed by atoms with Gasteiger partial charge in [0.1, 0.15) is 5.01 Å². The molecule has 21 heavy (non-hydrogen) atoms. The predicted octanol–water partition coefficient (Wildman–Crippen LogP) is 4.50. The lowest BCUT2D eigenvalue weighted by atomic mass is 10.1. The number of benzene rings is 2. The van der Waals surface area contributed by atoms with E-state index in [0.29, 0.717) is 6.04 Å². The van der Waals surface area contributed by atoms with Crippen molar-refractivity contribution in [2.75, 3.05) is 6.54 Å². The van der Waals surface area contributed by atoms with E-state index in [1.165, 1.54) is 20.8 Å². The molecule has 0 bridgehead atoms. The lowest BCUT2D eigenvalue weighted by Gasteiger charge is -2.11. The lowest BCUT2D eigenvalue weighted by Crippen LogP contribution is -2.21. The van der Waals surface area contributed by atoms with Crippen LogP contribution in [0.4, 0.5) is 0 Å². The molecule has 108 valence electrons. The molecular formula is C18H20N2S. The van der Waals surface area contributed by atoms with Crippen molar-refractivity contribution in [1.82, 2.24) is 10.3 Å². The van der Waals surface area contributed by atoms with Gasteiger partial charge in [0.15, 0.2) is 0 Å². The van der Waals surface area contributed by atoms with Gasteiger partial charge in [-0.3, -0.25) is 0 Å². The first-order chi connectivity index (χ1) is 10.2. The first-order valence-corrected chi connectivity index (χ1v) is 8.18. The molecule has 1 N–H and O–H groups in total. The molecule has 0 aliphatic carbocycles. The molecule has 2 aromatic carbocycles. The zero-order valence-corrected chi connectivity index (χ0v) is 13.3. The van der Waals surface area contributed by atoms with E-state index in [-0.39, 0.29) is 0 Å². The molecule has 1 heterocycles. The number of aromatic nitrogens is 1. The molecule has 1 atom stereocenters. The largest absolute Gasteiger partial charge is 0.308 e. The maximum atomic E-state index is 4.71. The van der Waals surface area contributed by atoms with Crippen LogP contribution in [0.2, 0.25) is 0 Å². The summed E-state index contributed by atoms with van der Waals surface area (Å²) in [5, 5.41) is 4.74. The minimum Gasteiger partial charge on any atom is -0.308 e. The number of hydrogen-bond acceptors (Lipinski definition) is 3. The number of rotatable bonds is 5. The van der Waals surface area contributed by atoms with Crippen LogP contribution in [-0.2, 0) is 6.42 Å². The second kappa shape index (κ2) is 6.37. The Hall–Kier alpha value is -1.71. The van der Waals surface area contributed by atoms with Crippen LogP contribution in [0.3, 0.4) is 0 Å². The van der Waals surface area contributed by atoms with E-state index in [2.05, 4.69) is 61.6 Å². The van der Waals surface area contributed by atoms with Crippen LogP contribution in [0.25, 0.3) is 10.2 Å². The molecule has 2 nitrogen and oxygen atoms in total. The summed E-state index contributed by atoms with van der Waals surface area (Å²) in [4.78, 5) is 4.71. The van der Waals surface area contributed by atoms with Gasteiger partial charge in [-0.1, -0.05) is 42.0 Å². The van der Waals surface area contributed by atoms with Gasteiger partial charge in [-0.2, -0.15) is 0 Å². The third-order valence-corrected chi connectivity index (χ3v) is 4.85. The summed E-state index contributed by atoms with van der Waals surface area (Å²) in [5.41, 5.74) is 3.82. The zero-order chi connectivity index (χ0) is 14.7. The Morgan fingerprint density at radius 3 is 2.81 bits per heavy atom. The molecule has 1 unspecified atom stereocenters. The number of para-hydroxylation sites is 1. The lowest BCUT2D eigenvalue weighted by molar-refractivity contribution is 0.575. The van der Waals surface area contributed by atoms with Gasteiger partial charge in [0.05, 0.1) is 16.3 Å². The van der Waals surface area contributed by atoms with E-state index in [0.717, 1.165) is 18.5 Å². The number of aryl methyl sites for hydroxylation is 1. The molecule has 3 rings (SSSR count). The fourth-order valence-electron chi connectivity index (χ4n) is 2.46. The average Bonchev–Trinajstić information content (AvgIpc) is 2.91. The standard InChI is InChI=1S/C18H20N2S/c1-13-6-5-7-15(12-13)10-11-19-14(2)18-20-16-8-3-4-9-17(16)21-18/h3-9,12,14,19H,10-11H2,1-2H3. The second-order valence-corrected chi connectivity index (χ2v) is 6.50. The van der Waals surface area contributed by atoms with Crippen molar-refractivity contribution in [3.05, 3.63) is 64.7 Å². The van der Waals surface area contributed by atoms with Gasteiger partial charge in [-0.05, 0) is 44.5 Å². The molecule has 0 aliphatic heterocycles. The maximum absolute atomic E-state index is 4.71. The smallest absolute Gasteiger partial charge is 0.111 e. The number of thiazole rings is 1. The van der Waals surface area contributed by atoms with Gasteiger partial charge in [-0.15, -0.1) is 11.3 Å². The van der Waals surface area contributed by atoms with Crippen LogP contribution in [0, 0.1) is 6.92 Å². The summed E-state index contributed by atoms with van der Waals surface area (Å²) >= 11 is 1.78. The average molecular weight is 296 g/mol. The third kappa shape index (κ3) is 3.49. The van der Waals surface area contributed by atoms with Crippen molar-refractivity contribution in [2.45, 2.75) is 26.3 Å². The summed E-state index contributed by atoms with van der Waals surface area (Å²) < 4.78 is 1.26. The van der Waals surface area contributed by atoms with E-state index >= 15 is 0 Å². The Balaban J connectivity index is 1.60. The molecular weight excluding hydrogens is 276 g/mol. The summed E-state index contributed by atoms with van der Waals surface area (Å²) in [6.45, 7) is 5.30. The van der Waals surface area contributed by atoms with Gasteiger partial charge >= 0.3 is 0 Å². The van der Waals surface area contributed by atoms with E-state index in [1.54, 1.807) is 11.3 Å². The molecule has 0 radical (unpaired) electrons. The Labute approximate surface area is 129 Å². The SMILES string of the molecule is Cc1cccc(CCNC(C)c2nc3ccccc3s2)c1. The summed E-state index contributed by atoms with van der Waals surface area (Å²) in [6, 6.07) is 17.3. The fraction of sp³-hybridized carbons (Fsp3) is 0.278. The normalized spacial score (nSPS) is 12.7. The molecule has 0 aliphatic rings. The molecule has 0 fully saturated rings. The molecule has 3 aromatic rings. The van der Waals surface area contributed by atoms with Gasteiger partial charge < -0.3 is 5.32 Å². The first kappa shape index (κ1) is 14.2. The maximum Gasteiger partial charge on any atom is 0.111 e. The highest BCUT2D eigenvalue weighted by molar-refractivity contribution is 7.18. The predicted molar refractivity (Wildman–Crippen MR) is 90.9 cm³/mol. The second-order valence-electron chi connectivity index (χ2n) is 5.43. The summed E-state index contributed by atoms with van der Waals surface area (Å²) in [6.07, 6.45) is 1.05. The zero-order valence-electron chi connectivity index (χ0n) is 12.5. The summed E-state index contributed by atoms with van der Waals surface area (Å²) in [7, 11) is 0. The molecule has 1 aromatic heterocycles. The van der Waals surface area contributed by atoms with Crippen molar-refractivity contribution >= 4 is 21.6 Å². The Bertz CT molecular complexity index is 700. The van der Waals surface area contributed by atoms with Crippen molar-refractivity contribution in [1.29, 1.82) is 0 Å². The first-order valence-electron chi connectivity index (χ1n) is 7.37. The monoisotopic (exact) mass is 296 g/mol. The van der Waals surface area contributed by atoms with Crippen LogP contribution in [0.1, 0.15) is 29.1 Å². The molecule has 0 amide bonds. The third-order valence-electron chi connectivity index (χ3n) is 3.63. The molecule has 0 saturated carbocycles. The van der Waals surface area contributed by atoms with Crippen LogP contribution < -0.4 is 5.32 Å².